The number of carbonyl (C=O) groups is 1. The molecule has 1 amide bonds. The number of nitrogens with one attached hydrogen (secondary N) is 1. The molecule has 1 N–H and O–H groups in total. The molecular weight excluding hydrogens is 509 g/mol. The topological polar surface area (TPSA) is 85.2 Å². The van der Waals surface area contributed by atoms with Gasteiger partial charge in [-0.25, -0.2) is 9.48 Å². The Hall–Kier alpha value is -3.08. The van der Waals surface area contributed by atoms with Crippen molar-refractivity contribution >= 4 is 34.5 Å². The SMILES string of the molecule is CC(C)(C)OC(=O)NC1(C2CCN(c3nc(Cl)nc4c3cnn4-c3cccc(C(F)(F)F)c3)CC2)CC1. The Morgan fingerprint density at radius 1 is 1.16 bits per heavy atom. The second-order valence-corrected chi connectivity index (χ2v) is 11.0. The third-order valence-corrected chi connectivity index (χ3v) is 7.08. The number of ether oxygens (including phenoxy) is 1. The molecule has 5 rings (SSSR count). The summed E-state index contributed by atoms with van der Waals surface area (Å²) in [5.41, 5.74) is -0.999. The van der Waals surface area contributed by atoms with E-state index in [-0.39, 0.29) is 16.5 Å². The molecule has 198 valence electrons. The van der Waals surface area contributed by atoms with E-state index in [1.54, 1.807) is 6.20 Å². The zero-order valence-electron chi connectivity index (χ0n) is 20.8. The Bertz CT molecular complexity index is 1320. The lowest BCUT2D eigenvalue weighted by molar-refractivity contribution is -0.137. The van der Waals surface area contributed by atoms with Crippen LogP contribution in [0.15, 0.2) is 30.5 Å². The number of amides is 1. The van der Waals surface area contributed by atoms with Crippen molar-refractivity contribution in [1.82, 2.24) is 25.1 Å². The van der Waals surface area contributed by atoms with Crippen molar-refractivity contribution in [3.05, 3.63) is 41.3 Å². The van der Waals surface area contributed by atoms with E-state index in [2.05, 4.69) is 25.3 Å². The first-order valence-corrected chi connectivity index (χ1v) is 12.6. The summed E-state index contributed by atoms with van der Waals surface area (Å²) in [5, 5.41) is 8.01. The summed E-state index contributed by atoms with van der Waals surface area (Å²) in [6.07, 6.45) is 0.201. The highest BCUT2D eigenvalue weighted by Gasteiger charge is 2.51. The van der Waals surface area contributed by atoms with Crippen LogP contribution in [0.4, 0.5) is 23.8 Å². The minimum absolute atomic E-state index is 0.0106. The first-order chi connectivity index (χ1) is 17.3. The van der Waals surface area contributed by atoms with E-state index in [0.29, 0.717) is 35.9 Å². The zero-order chi connectivity index (χ0) is 26.6. The van der Waals surface area contributed by atoms with Crippen LogP contribution in [0, 0.1) is 5.92 Å². The van der Waals surface area contributed by atoms with Crippen molar-refractivity contribution in [2.75, 3.05) is 18.0 Å². The third-order valence-electron chi connectivity index (χ3n) is 6.91. The Morgan fingerprint density at radius 3 is 2.49 bits per heavy atom. The lowest BCUT2D eigenvalue weighted by Crippen LogP contribution is -2.48. The number of nitrogens with zero attached hydrogens (tertiary/aromatic N) is 5. The molecule has 1 aromatic carbocycles. The standard InChI is InChI=1S/C25H28ClF3N6O2/c1-23(2,3)37-22(36)33-24(9-10-24)15-7-11-34(12-8-15)19-18-14-30-35(20(18)32-21(26)31-19)17-6-4-5-16(13-17)25(27,28)29/h4-6,13-15H,7-12H2,1-3H3,(H,33,36). The number of piperidine rings is 1. The largest absolute Gasteiger partial charge is 0.444 e. The van der Waals surface area contributed by atoms with E-state index in [9.17, 15) is 18.0 Å². The van der Waals surface area contributed by atoms with Crippen LogP contribution in [0.3, 0.4) is 0 Å². The lowest BCUT2D eigenvalue weighted by atomic mass is 9.87. The highest BCUT2D eigenvalue weighted by Crippen LogP contribution is 2.47. The monoisotopic (exact) mass is 536 g/mol. The number of alkyl carbamates (subject to hydrolysis) is 1. The maximum atomic E-state index is 13.2. The zero-order valence-corrected chi connectivity index (χ0v) is 21.5. The second-order valence-electron chi connectivity index (χ2n) is 10.7. The molecule has 3 heterocycles. The van der Waals surface area contributed by atoms with E-state index in [1.165, 1.54) is 16.8 Å². The van der Waals surface area contributed by atoms with Crippen LogP contribution in [-0.2, 0) is 10.9 Å². The number of fused-ring (bicyclic) bond motifs is 1. The fourth-order valence-electron chi connectivity index (χ4n) is 5.03. The van der Waals surface area contributed by atoms with Gasteiger partial charge < -0.3 is 15.0 Å². The molecule has 3 aromatic rings. The number of aromatic nitrogens is 4. The van der Waals surface area contributed by atoms with Gasteiger partial charge in [0.25, 0.3) is 0 Å². The molecule has 8 nitrogen and oxygen atoms in total. The van der Waals surface area contributed by atoms with E-state index in [1.807, 2.05) is 20.8 Å². The number of halogens is 4. The average molecular weight is 537 g/mol. The summed E-state index contributed by atoms with van der Waals surface area (Å²) in [5.74, 6) is 0.897. The molecule has 1 saturated carbocycles. The Balaban J connectivity index is 1.35. The highest BCUT2D eigenvalue weighted by molar-refractivity contribution is 6.28. The van der Waals surface area contributed by atoms with Gasteiger partial charge in [-0.15, -0.1) is 0 Å². The summed E-state index contributed by atoms with van der Waals surface area (Å²) in [4.78, 5) is 23.2. The van der Waals surface area contributed by atoms with Crippen molar-refractivity contribution in [2.45, 2.75) is 63.8 Å². The minimum Gasteiger partial charge on any atom is -0.444 e. The van der Waals surface area contributed by atoms with Crippen LogP contribution >= 0.6 is 11.6 Å². The maximum absolute atomic E-state index is 13.2. The lowest BCUT2D eigenvalue weighted by Gasteiger charge is -2.37. The summed E-state index contributed by atoms with van der Waals surface area (Å²) < 4.78 is 46.5. The summed E-state index contributed by atoms with van der Waals surface area (Å²) in [6, 6.07) is 4.91. The molecule has 1 aliphatic carbocycles. The van der Waals surface area contributed by atoms with Gasteiger partial charge in [0, 0.05) is 18.6 Å². The molecule has 37 heavy (non-hydrogen) atoms. The summed E-state index contributed by atoms with van der Waals surface area (Å²) >= 11 is 6.25. The quantitative estimate of drug-likeness (QED) is 0.427. The fourth-order valence-corrected chi connectivity index (χ4v) is 5.19. The highest BCUT2D eigenvalue weighted by atomic mass is 35.5. The van der Waals surface area contributed by atoms with E-state index in [4.69, 9.17) is 16.3 Å². The molecule has 0 bridgehead atoms. The molecular formula is C25H28ClF3N6O2. The van der Waals surface area contributed by atoms with Gasteiger partial charge in [0.05, 0.1) is 22.8 Å². The molecule has 0 unspecified atom stereocenters. The van der Waals surface area contributed by atoms with Crippen LogP contribution < -0.4 is 10.2 Å². The predicted octanol–water partition coefficient (Wildman–Crippen LogP) is 5.76. The first kappa shape index (κ1) is 25.6. The molecule has 1 saturated heterocycles. The fraction of sp³-hybridized carbons (Fsp3) is 0.520. The van der Waals surface area contributed by atoms with Crippen LogP contribution in [0.25, 0.3) is 16.7 Å². The summed E-state index contributed by atoms with van der Waals surface area (Å²) in [7, 11) is 0. The normalized spacial score (nSPS) is 18.2. The van der Waals surface area contributed by atoms with E-state index >= 15 is 0 Å². The number of hydrogen-bond acceptors (Lipinski definition) is 6. The van der Waals surface area contributed by atoms with Crippen LogP contribution in [-0.4, -0.2) is 50.1 Å². The van der Waals surface area contributed by atoms with Gasteiger partial charge in [0.1, 0.15) is 11.4 Å². The van der Waals surface area contributed by atoms with Gasteiger partial charge in [-0.1, -0.05) is 6.07 Å². The minimum atomic E-state index is -4.47. The summed E-state index contributed by atoms with van der Waals surface area (Å²) in [6.45, 7) is 6.88. The van der Waals surface area contributed by atoms with Crippen molar-refractivity contribution in [1.29, 1.82) is 0 Å². The number of anilines is 1. The van der Waals surface area contributed by atoms with Gasteiger partial charge >= 0.3 is 12.3 Å². The van der Waals surface area contributed by atoms with Crippen molar-refractivity contribution in [2.24, 2.45) is 5.92 Å². The third kappa shape index (κ3) is 5.32. The molecule has 2 aliphatic rings. The van der Waals surface area contributed by atoms with Gasteiger partial charge in [-0.05, 0) is 82.2 Å². The van der Waals surface area contributed by atoms with E-state index < -0.39 is 23.4 Å². The molecule has 12 heteroatoms. The predicted molar refractivity (Wildman–Crippen MR) is 133 cm³/mol. The van der Waals surface area contributed by atoms with Gasteiger partial charge in [-0.3, -0.25) is 0 Å². The Labute approximate surface area is 217 Å². The molecule has 0 radical (unpaired) electrons. The van der Waals surface area contributed by atoms with Crippen LogP contribution in [0.5, 0.6) is 0 Å². The Kier molecular flexibility index (Phi) is 6.24. The number of benzene rings is 1. The number of carbonyl (C=O) groups excluding carboxylic acids is 1. The second kappa shape index (κ2) is 9.04. The van der Waals surface area contributed by atoms with Crippen molar-refractivity contribution in [3.63, 3.8) is 0 Å². The van der Waals surface area contributed by atoms with Gasteiger partial charge in [0.15, 0.2) is 5.65 Å². The maximum Gasteiger partial charge on any atom is 0.416 e. The molecule has 1 aliphatic heterocycles. The Morgan fingerprint density at radius 2 is 1.86 bits per heavy atom. The van der Waals surface area contributed by atoms with Gasteiger partial charge in [0.2, 0.25) is 5.28 Å². The molecule has 0 spiro atoms. The average Bonchev–Trinajstić information content (AvgIpc) is 3.46. The molecule has 0 atom stereocenters. The smallest absolute Gasteiger partial charge is 0.416 e. The number of rotatable bonds is 4. The van der Waals surface area contributed by atoms with Crippen LogP contribution in [0.1, 0.15) is 52.0 Å². The number of hydrogen-bond donors (Lipinski definition) is 1. The number of alkyl halides is 3. The first-order valence-electron chi connectivity index (χ1n) is 12.2. The van der Waals surface area contributed by atoms with E-state index in [0.717, 1.165) is 37.8 Å². The molecule has 2 fully saturated rings. The van der Waals surface area contributed by atoms with Crippen molar-refractivity contribution in [3.8, 4) is 5.69 Å². The van der Waals surface area contributed by atoms with Crippen LogP contribution in [0.2, 0.25) is 5.28 Å². The molecule has 2 aromatic heterocycles. The van der Waals surface area contributed by atoms with Crippen molar-refractivity contribution < 1.29 is 22.7 Å². The van der Waals surface area contributed by atoms with Gasteiger partial charge in [-0.2, -0.15) is 28.2 Å².